The summed E-state index contributed by atoms with van der Waals surface area (Å²) in [4.78, 5) is 0. The summed E-state index contributed by atoms with van der Waals surface area (Å²) in [5.41, 5.74) is -0.857. The van der Waals surface area contributed by atoms with Gasteiger partial charge in [-0.25, -0.2) is 4.39 Å². The van der Waals surface area contributed by atoms with Gasteiger partial charge in [0.25, 0.3) is 0 Å². The Morgan fingerprint density at radius 3 is 2.23 bits per heavy atom. The minimum absolute atomic E-state index is 0.857. The Kier molecular flexibility index (Phi) is 2.27. The van der Waals surface area contributed by atoms with Crippen LogP contribution in [0.25, 0.3) is 0 Å². The van der Waals surface area contributed by atoms with E-state index in [1.54, 1.807) is 0 Å². The summed E-state index contributed by atoms with van der Waals surface area (Å²) in [7, 11) is 1.37. The molecule has 2 nitrogen and oxygen atoms in total. The van der Waals surface area contributed by atoms with Crippen molar-refractivity contribution >= 4 is 11.6 Å². The van der Waals surface area contributed by atoms with E-state index in [-0.39, 0.29) is 0 Å². The van der Waals surface area contributed by atoms with Crippen molar-refractivity contribution in [1.82, 2.24) is 9.78 Å². The van der Waals surface area contributed by atoms with Gasteiger partial charge < -0.3 is 0 Å². The van der Waals surface area contributed by atoms with Crippen LogP contribution >= 0.6 is 11.6 Å². The van der Waals surface area contributed by atoms with Gasteiger partial charge >= 0.3 is 11.3 Å². The first kappa shape index (κ1) is 10.3. The minimum atomic E-state index is -5.16. The van der Waals surface area contributed by atoms with E-state index in [4.69, 9.17) is 0 Å². The summed E-state index contributed by atoms with van der Waals surface area (Å²) in [6, 6.07) is 0.875. The number of hydrogen-bond donors (Lipinski definition) is 0. The molecule has 0 amide bonds. The average Bonchev–Trinajstić information content (AvgIpc) is 2.33. The highest BCUT2D eigenvalue weighted by Crippen LogP contribution is 2.44. The number of halogens is 5. The zero-order chi connectivity index (χ0) is 10.3. The van der Waals surface area contributed by atoms with Crippen molar-refractivity contribution < 1.29 is 17.6 Å². The van der Waals surface area contributed by atoms with Crippen molar-refractivity contribution in [2.75, 3.05) is 0 Å². The Morgan fingerprint density at radius 1 is 1.38 bits per heavy atom. The molecule has 1 rings (SSSR count). The van der Waals surface area contributed by atoms with Crippen LogP contribution in [0.3, 0.4) is 0 Å². The fourth-order valence-electron chi connectivity index (χ4n) is 0.728. The van der Waals surface area contributed by atoms with E-state index in [0.29, 0.717) is 0 Å². The van der Waals surface area contributed by atoms with E-state index in [1.165, 1.54) is 13.2 Å². The number of rotatable bonds is 1. The summed E-state index contributed by atoms with van der Waals surface area (Å²) in [6.07, 6.45) is -3.99. The number of aryl methyl sites for hydroxylation is 1. The van der Waals surface area contributed by atoms with Crippen molar-refractivity contribution in [3.63, 3.8) is 0 Å². The van der Waals surface area contributed by atoms with Crippen LogP contribution < -0.4 is 0 Å². The maximum absolute atomic E-state index is 12.9. The molecule has 0 radical (unpaired) electrons. The van der Waals surface area contributed by atoms with Crippen LogP contribution in [0.5, 0.6) is 0 Å². The van der Waals surface area contributed by atoms with Crippen molar-refractivity contribution in [3.05, 3.63) is 18.0 Å². The predicted octanol–water partition coefficient (Wildman–Crippen LogP) is 2.34. The maximum Gasteiger partial charge on any atom is 0.443 e. The lowest BCUT2D eigenvalue weighted by Gasteiger charge is -2.18. The molecule has 7 heteroatoms. The van der Waals surface area contributed by atoms with Gasteiger partial charge in [-0.15, -0.1) is 0 Å². The molecular weight excluding hydrogens is 212 g/mol. The summed E-state index contributed by atoms with van der Waals surface area (Å²) in [6.45, 7) is 0. The van der Waals surface area contributed by atoms with Gasteiger partial charge in [0.2, 0.25) is 0 Å². The van der Waals surface area contributed by atoms with Crippen LogP contribution in [0.1, 0.15) is 5.69 Å². The smallest absolute Gasteiger partial charge is 0.275 e. The topological polar surface area (TPSA) is 17.8 Å². The first-order chi connectivity index (χ1) is 5.75. The first-order valence-electron chi connectivity index (χ1n) is 3.20. The molecule has 1 aromatic heterocycles. The molecule has 0 aliphatic rings. The molecule has 0 saturated heterocycles. The molecule has 0 aliphatic carbocycles. The lowest BCUT2D eigenvalue weighted by molar-refractivity contribution is -0.203. The summed E-state index contributed by atoms with van der Waals surface area (Å²) in [5, 5.41) is -0.670. The maximum atomic E-state index is 12.9. The third kappa shape index (κ3) is 1.77. The summed E-state index contributed by atoms with van der Waals surface area (Å²) in [5.74, 6) is 0. The van der Waals surface area contributed by atoms with E-state index in [0.717, 1.165) is 10.7 Å². The van der Waals surface area contributed by atoms with Gasteiger partial charge in [-0.3, -0.25) is 4.68 Å². The second-order valence-corrected chi connectivity index (χ2v) is 2.97. The zero-order valence-corrected chi connectivity index (χ0v) is 7.19. The van der Waals surface area contributed by atoms with Crippen LogP contribution in [0.15, 0.2) is 12.3 Å². The molecule has 1 aromatic rings. The molecule has 0 bridgehead atoms. The normalized spacial score (nSPS) is 17.1. The van der Waals surface area contributed by atoms with Crippen LogP contribution in [0.2, 0.25) is 0 Å². The summed E-state index contributed by atoms with van der Waals surface area (Å²) < 4.78 is 49.9. The van der Waals surface area contributed by atoms with E-state index >= 15 is 0 Å². The van der Waals surface area contributed by atoms with Gasteiger partial charge in [0, 0.05) is 13.2 Å². The quantitative estimate of drug-likeness (QED) is 0.521. The van der Waals surface area contributed by atoms with Gasteiger partial charge in [-0.1, -0.05) is 11.6 Å². The highest BCUT2D eigenvalue weighted by atomic mass is 35.5. The summed E-state index contributed by atoms with van der Waals surface area (Å²) >= 11 is 4.68. The molecule has 0 fully saturated rings. The Hall–Kier alpha value is -0.780. The zero-order valence-electron chi connectivity index (χ0n) is 6.44. The number of hydrogen-bond acceptors (Lipinski definition) is 1. The molecule has 0 spiro atoms. The fraction of sp³-hybridized carbons (Fsp3) is 0.500. The van der Waals surface area contributed by atoms with E-state index in [1.807, 2.05) is 0 Å². The van der Waals surface area contributed by atoms with Gasteiger partial charge in [0.1, 0.15) is 5.69 Å². The van der Waals surface area contributed by atoms with Crippen molar-refractivity contribution in [2.24, 2.45) is 7.05 Å². The highest BCUT2D eigenvalue weighted by molar-refractivity contribution is 6.23. The standard InChI is InChI=1S/C6H5ClF4N2/c1-13-3-2-4(12-13)5(7,8)6(9,10)11/h2-3H,1H3. The van der Waals surface area contributed by atoms with E-state index < -0.39 is 17.0 Å². The minimum Gasteiger partial charge on any atom is -0.275 e. The monoisotopic (exact) mass is 216 g/mol. The van der Waals surface area contributed by atoms with Crippen LogP contribution in [0, 0.1) is 0 Å². The molecule has 0 N–H and O–H groups in total. The van der Waals surface area contributed by atoms with Gasteiger partial charge in [-0.2, -0.15) is 18.3 Å². The number of alkyl halides is 5. The molecule has 0 aromatic carbocycles. The van der Waals surface area contributed by atoms with Crippen molar-refractivity contribution in [2.45, 2.75) is 11.3 Å². The van der Waals surface area contributed by atoms with Gasteiger partial charge in [0.05, 0.1) is 0 Å². The molecule has 1 heterocycles. The van der Waals surface area contributed by atoms with E-state index in [2.05, 4.69) is 16.7 Å². The third-order valence-corrected chi connectivity index (χ3v) is 1.80. The first-order valence-corrected chi connectivity index (χ1v) is 3.57. The van der Waals surface area contributed by atoms with Crippen LogP contribution in [-0.4, -0.2) is 16.0 Å². The molecule has 13 heavy (non-hydrogen) atoms. The van der Waals surface area contributed by atoms with Gasteiger partial charge in [0.15, 0.2) is 0 Å². The molecule has 0 saturated carbocycles. The van der Waals surface area contributed by atoms with E-state index in [9.17, 15) is 17.6 Å². The molecule has 74 valence electrons. The molecular formula is C6H5ClF4N2. The SMILES string of the molecule is Cn1ccc(C(F)(Cl)C(F)(F)F)n1. The molecule has 0 aliphatic heterocycles. The van der Waals surface area contributed by atoms with Crippen LogP contribution in [0.4, 0.5) is 17.6 Å². The average molecular weight is 217 g/mol. The Bertz CT molecular complexity index is 304. The highest BCUT2D eigenvalue weighted by Gasteiger charge is 2.57. The number of nitrogens with zero attached hydrogens (tertiary/aromatic N) is 2. The van der Waals surface area contributed by atoms with Crippen LogP contribution in [-0.2, 0) is 12.2 Å². The molecule has 1 unspecified atom stereocenters. The second-order valence-electron chi connectivity index (χ2n) is 2.45. The second kappa shape index (κ2) is 2.87. The number of aromatic nitrogens is 2. The van der Waals surface area contributed by atoms with Crippen molar-refractivity contribution in [1.29, 1.82) is 0 Å². The fourth-order valence-corrected chi connectivity index (χ4v) is 0.829. The Balaban J connectivity index is 3.07. The third-order valence-electron chi connectivity index (χ3n) is 1.39. The Labute approximate surface area is 76.1 Å². The van der Waals surface area contributed by atoms with Crippen molar-refractivity contribution in [3.8, 4) is 0 Å². The largest absolute Gasteiger partial charge is 0.443 e. The Morgan fingerprint density at radius 2 is 1.92 bits per heavy atom. The van der Waals surface area contributed by atoms with Gasteiger partial charge in [-0.05, 0) is 6.07 Å². The lowest BCUT2D eigenvalue weighted by Crippen LogP contribution is -2.33. The predicted molar refractivity (Wildman–Crippen MR) is 37.9 cm³/mol. The molecule has 1 atom stereocenters. The lowest BCUT2D eigenvalue weighted by atomic mass is 10.2.